The average Bonchev–Trinajstić information content (AvgIpc) is 3.08. The van der Waals surface area contributed by atoms with Crippen molar-refractivity contribution >= 4 is 34.6 Å². The number of aliphatic hydroxyl groups excluding tert-OH is 1. The zero-order chi connectivity index (χ0) is 18.8. The molecular weight excluding hydrogens is 360 g/mol. The van der Waals surface area contributed by atoms with Gasteiger partial charge in [0.05, 0.1) is 23.8 Å². The second kappa shape index (κ2) is 7.22. The molecule has 26 heavy (non-hydrogen) atoms. The number of non-ortho nitro benzene ring substituents is 1. The number of amides is 1. The van der Waals surface area contributed by atoms with Gasteiger partial charge in [-0.25, -0.2) is 0 Å². The SMILES string of the molecule is CCOC(=O)C1c2sccc2N(Cc2cccc([N+](=O)[O-])c2)C(=O)C1O. The summed E-state index contributed by atoms with van der Waals surface area (Å²) in [5.41, 5.74) is 0.976. The lowest BCUT2D eigenvalue weighted by atomic mass is 9.93. The third-order valence-electron chi connectivity index (χ3n) is 4.08. The van der Waals surface area contributed by atoms with Crippen molar-refractivity contribution in [1.29, 1.82) is 0 Å². The molecule has 1 amide bonds. The third kappa shape index (κ3) is 3.18. The number of carbonyl (C=O) groups is 2. The lowest BCUT2D eigenvalue weighted by Gasteiger charge is -2.34. The first kappa shape index (κ1) is 18.0. The molecule has 1 N–H and O–H groups in total. The van der Waals surface area contributed by atoms with Crippen LogP contribution in [0.5, 0.6) is 0 Å². The number of esters is 1. The van der Waals surface area contributed by atoms with E-state index in [1.807, 2.05) is 0 Å². The molecule has 2 heterocycles. The van der Waals surface area contributed by atoms with Crippen LogP contribution in [-0.4, -0.2) is 34.6 Å². The Morgan fingerprint density at radius 2 is 2.19 bits per heavy atom. The lowest BCUT2D eigenvalue weighted by Crippen LogP contribution is -2.48. The molecule has 0 fully saturated rings. The van der Waals surface area contributed by atoms with Crippen molar-refractivity contribution in [3.63, 3.8) is 0 Å². The smallest absolute Gasteiger partial charge is 0.317 e. The Morgan fingerprint density at radius 3 is 2.88 bits per heavy atom. The Hall–Kier alpha value is -2.78. The molecule has 9 heteroatoms. The molecule has 0 bridgehead atoms. The molecule has 2 atom stereocenters. The summed E-state index contributed by atoms with van der Waals surface area (Å²) >= 11 is 1.25. The molecule has 1 aliphatic rings. The van der Waals surface area contributed by atoms with E-state index in [4.69, 9.17) is 4.74 Å². The van der Waals surface area contributed by atoms with E-state index in [1.165, 1.54) is 34.4 Å². The van der Waals surface area contributed by atoms with E-state index in [9.17, 15) is 24.8 Å². The molecule has 0 radical (unpaired) electrons. The van der Waals surface area contributed by atoms with Crippen molar-refractivity contribution in [2.24, 2.45) is 0 Å². The van der Waals surface area contributed by atoms with Gasteiger partial charge in [-0.1, -0.05) is 12.1 Å². The summed E-state index contributed by atoms with van der Waals surface area (Å²) in [6.45, 7) is 1.85. The number of ether oxygens (including phenoxy) is 1. The van der Waals surface area contributed by atoms with Gasteiger partial charge in [0.15, 0.2) is 6.10 Å². The maximum atomic E-state index is 12.7. The van der Waals surface area contributed by atoms with E-state index < -0.39 is 28.8 Å². The minimum absolute atomic E-state index is 0.0524. The standard InChI is InChI=1S/C17H16N2O6S/c1-2-25-17(22)13-14(20)16(21)18(12-6-7-26-15(12)13)9-10-4-3-5-11(8-10)19(23)24/h3-8,13-14,20H,2,9H2,1H3. The Bertz CT molecular complexity index is 864. The Balaban J connectivity index is 1.95. The van der Waals surface area contributed by atoms with Gasteiger partial charge in [0, 0.05) is 17.0 Å². The van der Waals surface area contributed by atoms with Crippen molar-refractivity contribution < 1.29 is 24.4 Å². The number of aliphatic hydroxyl groups is 1. The highest BCUT2D eigenvalue weighted by Crippen LogP contribution is 2.41. The predicted octanol–water partition coefficient (Wildman–Crippen LogP) is 2.21. The van der Waals surface area contributed by atoms with E-state index >= 15 is 0 Å². The topological polar surface area (TPSA) is 110 Å². The fourth-order valence-corrected chi connectivity index (χ4v) is 3.93. The van der Waals surface area contributed by atoms with E-state index in [-0.39, 0.29) is 18.8 Å². The summed E-state index contributed by atoms with van der Waals surface area (Å²) in [5.74, 6) is -2.34. The molecule has 0 spiro atoms. The van der Waals surface area contributed by atoms with Crippen LogP contribution in [0.4, 0.5) is 11.4 Å². The zero-order valence-corrected chi connectivity index (χ0v) is 14.6. The van der Waals surface area contributed by atoms with Gasteiger partial charge in [-0.2, -0.15) is 0 Å². The molecule has 0 aliphatic carbocycles. The van der Waals surface area contributed by atoms with Gasteiger partial charge >= 0.3 is 5.97 Å². The normalized spacial score (nSPS) is 19.2. The van der Waals surface area contributed by atoms with Crippen molar-refractivity contribution in [1.82, 2.24) is 0 Å². The fraction of sp³-hybridized carbons (Fsp3) is 0.294. The Labute approximate surface area is 152 Å². The minimum Gasteiger partial charge on any atom is -0.465 e. The molecule has 0 saturated heterocycles. The fourth-order valence-electron chi connectivity index (χ4n) is 2.92. The maximum Gasteiger partial charge on any atom is 0.317 e. The van der Waals surface area contributed by atoms with Gasteiger partial charge in [0.25, 0.3) is 11.6 Å². The minimum atomic E-state index is -1.56. The second-order valence-electron chi connectivity index (χ2n) is 5.70. The third-order valence-corrected chi connectivity index (χ3v) is 5.07. The number of hydrogen-bond donors (Lipinski definition) is 1. The first-order valence-electron chi connectivity index (χ1n) is 7.90. The van der Waals surface area contributed by atoms with Crippen LogP contribution in [0.1, 0.15) is 23.3 Å². The number of fused-ring (bicyclic) bond motifs is 1. The van der Waals surface area contributed by atoms with Crippen LogP contribution < -0.4 is 4.90 Å². The van der Waals surface area contributed by atoms with Crippen molar-refractivity contribution in [2.45, 2.75) is 25.5 Å². The van der Waals surface area contributed by atoms with E-state index in [2.05, 4.69) is 0 Å². The quantitative estimate of drug-likeness (QED) is 0.487. The lowest BCUT2D eigenvalue weighted by molar-refractivity contribution is -0.384. The molecule has 136 valence electrons. The highest BCUT2D eigenvalue weighted by molar-refractivity contribution is 7.10. The summed E-state index contributed by atoms with van der Waals surface area (Å²) in [4.78, 5) is 37.1. The molecule has 1 aromatic heterocycles. The molecule has 1 aliphatic heterocycles. The van der Waals surface area contributed by atoms with Crippen LogP contribution in [0.2, 0.25) is 0 Å². The van der Waals surface area contributed by atoms with E-state index in [0.717, 1.165) is 0 Å². The largest absolute Gasteiger partial charge is 0.465 e. The predicted molar refractivity (Wildman–Crippen MR) is 94.0 cm³/mol. The van der Waals surface area contributed by atoms with Crippen LogP contribution in [-0.2, 0) is 20.9 Å². The van der Waals surface area contributed by atoms with Crippen LogP contribution in [0, 0.1) is 10.1 Å². The second-order valence-corrected chi connectivity index (χ2v) is 6.64. The molecule has 3 rings (SSSR count). The molecule has 8 nitrogen and oxygen atoms in total. The Morgan fingerprint density at radius 1 is 1.42 bits per heavy atom. The number of carbonyl (C=O) groups excluding carboxylic acids is 2. The van der Waals surface area contributed by atoms with Crippen LogP contribution in [0.3, 0.4) is 0 Å². The summed E-state index contributed by atoms with van der Waals surface area (Å²) in [6, 6.07) is 7.63. The molecule has 0 saturated carbocycles. The number of nitro benzene ring substituents is 1. The zero-order valence-electron chi connectivity index (χ0n) is 13.8. The van der Waals surface area contributed by atoms with Gasteiger partial charge in [-0.15, -0.1) is 11.3 Å². The molecule has 2 aromatic rings. The maximum absolute atomic E-state index is 12.7. The van der Waals surface area contributed by atoms with Gasteiger partial charge < -0.3 is 14.7 Å². The van der Waals surface area contributed by atoms with Crippen LogP contribution in [0.15, 0.2) is 35.7 Å². The van der Waals surface area contributed by atoms with Gasteiger partial charge in [-0.05, 0) is 23.9 Å². The number of hydrogen-bond acceptors (Lipinski definition) is 7. The highest BCUT2D eigenvalue weighted by atomic mass is 32.1. The Kier molecular flexibility index (Phi) is 5.01. The van der Waals surface area contributed by atoms with Crippen LogP contribution >= 0.6 is 11.3 Å². The van der Waals surface area contributed by atoms with Crippen molar-refractivity contribution in [2.75, 3.05) is 11.5 Å². The molecule has 2 unspecified atom stereocenters. The summed E-state index contributed by atoms with van der Waals surface area (Å²) in [7, 11) is 0. The first-order chi connectivity index (χ1) is 12.4. The molecular formula is C17H16N2O6S. The number of benzene rings is 1. The van der Waals surface area contributed by atoms with Gasteiger partial charge in [-0.3, -0.25) is 19.7 Å². The van der Waals surface area contributed by atoms with Gasteiger partial charge in [0.2, 0.25) is 0 Å². The number of rotatable bonds is 5. The number of thiophene rings is 1. The summed E-state index contributed by atoms with van der Waals surface area (Å²) in [5, 5.41) is 23.1. The number of anilines is 1. The van der Waals surface area contributed by atoms with Crippen LogP contribution in [0.25, 0.3) is 0 Å². The van der Waals surface area contributed by atoms with E-state index in [1.54, 1.807) is 24.4 Å². The van der Waals surface area contributed by atoms with Crippen molar-refractivity contribution in [3.8, 4) is 0 Å². The summed E-state index contributed by atoms with van der Waals surface area (Å²) in [6.07, 6.45) is -1.56. The van der Waals surface area contributed by atoms with E-state index in [0.29, 0.717) is 16.1 Å². The average molecular weight is 376 g/mol. The number of nitrogens with zero attached hydrogens (tertiary/aromatic N) is 2. The van der Waals surface area contributed by atoms with Crippen molar-refractivity contribution in [3.05, 3.63) is 56.3 Å². The number of nitro groups is 1. The monoisotopic (exact) mass is 376 g/mol. The van der Waals surface area contributed by atoms with Gasteiger partial charge in [0.1, 0.15) is 5.92 Å². The highest BCUT2D eigenvalue weighted by Gasteiger charge is 2.45. The molecule has 1 aromatic carbocycles. The first-order valence-corrected chi connectivity index (χ1v) is 8.78. The summed E-state index contributed by atoms with van der Waals surface area (Å²) < 4.78 is 4.98.